The summed E-state index contributed by atoms with van der Waals surface area (Å²) in [6, 6.07) is 9.50. The van der Waals surface area contributed by atoms with Gasteiger partial charge in [-0.3, -0.25) is 0 Å². The van der Waals surface area contributed by atoms with Crippen molar-refractivity contribution >= 4 is 0 Å². The van der Waals surface area contributed by atoms with Crippen molar-refractivity contribution in [2.45, 2.75) is 5.92 Å². The van der Waals surface area contributed by atoms with Crippen molar-refractivity contribution in [2.75, 3.05) is 13.2 Å². The van der Waals surface area contributed by atoms with Crippen molar-refractivity contribution in [3.8, 4) is 0 Å². The first-order chi connectivity index (χ1) is 5.38. The van der Waals surface area contributed by atoms with Gasteiger partial charge in [0.2, 0.25) is 0 Å². The van der Waals surface area contributed by atoms with Gasteiger partial charge >= 0.3 is 0 Å². The van der Waals surface area contributed by atoms with Crippen LogP contribution in [-0.4, -0.2) is 23.4 Å². The summed E-state index contributed by atoms with van der Waals surface area (Å²) in [6.45, 7) is 0.00102. The minimum absolute atomic E-state index is 0. The molecule has 4 heteroatoms. The maximum absolute atomic E-state index is 8.82. The van der Waals surface area contributed by atoms with Crippen LogP contribution in [0, 0.1) is 0 Å². The molecule has 1 rings (SSSR count). The summed E-state index contributed by atoms with van der Waals surface area (Å²) in [5.41, 5.74) is 0.984. The van der Waals surface area contributed by atoms with E-state index in [2.05, 4.69) is 0 Å². The zero-order chi connectivity index (χ0) is 8.10. The zero-order valence-electron chi connectivity index (χ0n) is 6.91. The van der Waals surface area contributed by atoms with E-state index in [1.165, 1.54) is 0 Å². The number of rotatable bonds is 3. The van der Waals surface area contributed by atoms with Gasteiger partial charge in [0.05, 0.1) is 13.2 Å². The van der Waals surface area contributed by atoms with Crippen LogP contribution in [0.15, 0.2) is 30.3 Å². The van der Waals surface area contributed by atoms with E-state index in [9.17, 15) is 0 Å². The van der Waals surface area contributed by atoms with Crippen LogP contribution in [-0.2, 0) is 42.1 Å². The van der Waals surface area contributed by atoms with Crippen LogP contribution in [0.5, 0.6) is 0 Å². The van der Waals surface area contributed by atoms with Gasteiger partial charge in [0, 0.05) is 48.0 Å². The Bertz CT molecular complexity index is 200. The molecule has 0 aliphatic heterocycles. The summed E-state index contributed by atoms with van der Waals surface area (Å²) >= 11 is 0. The number of hydrogen-bond donors (Lipinski definition) is 2. The van der Waals surface area contributed by atoms with E-state index in [4.69, 9.17) is 10.2 Å². The minimum atomic E-state index is -0.129. The van der Waals surface area contributed by atoms with Gasteiger partial charge in [-0.15, -0.1) is 0 Å². The van der Waals surface area contributed by atoms with E-state index in [1.807, 2.05) is 30.3 Å². The van der Waals surface area contributed by atoms with Crippen LogP contribution < -0.4 is 0 Å². The third kappa shape index (κ3) is 5.07. The van der Waals surface area contributed by atoms with E-state index in [-0.39, 0.29) is 61.3 Å². The molecule has 2 N–H and O–H groups in total. The molecule has 0 amide bonds. The number of benzene rings is 1. The normalized spacial score (nSPS) is 8.85. The average Bonchev–Trinajstić information content (AvgIpc) is 2.09. The van der Waals surface area contributed by atoms with Gasteiger partial charge < -0.3 is 10.2 Å². The fourth-order valence-corrected chi connectivity index (χ4v) is 0.994. The maximum atomic E-state index is 8.82. The molecular weight excluding hydrogens is 530 g/mol. The van der Waals surface area contributed by atoms with E-state index >= 15 is 0 Å². The van der Waals surface area contributed by atoms with E-state index < -0.39 is 0 Å². The van der Waals surface area contributed by atoms with Gasteiger partial charge in [0.15, 0.2) is 0 Å². The molecule has 1 aromatic rings. The minimum Gasteiger partial charge on any atom is -0.396 e. The molecule has 0 saturated carbocycles. The van der Waals surface area contributed by atoms with Gasteiger partial charge in [0.1, 0.15) is 0 Å². The molecule has 0 radical (unpaired) electrons. The Kier molecular flexibility index (Phi) is 11.2. The molecule has 0 aliphatic carbocycles. The van der Waals surface area contributed by atoms with E-state index in [0.29, 0.717) is 0 Å². The van der Waals surface area contributed by atoms with Crippen LogP contribution in [0.1, 0.15) is 11.5 Å². The van der Waals surface area contributed by atoms with Gasteiger partial charge in [-0.25, -0.2) is 0 Å². The quantitative estimate of drug-likeness (QED) is 0.593. The SMILES string of the molecule is OCC(CO)c1ccccc1.[Pt].[Pt]. The third-order valence-electron chi connectivity index (χ3n) is 1.71. The predicted molar refractivity (Wildman–Crippen MR) is 43.4 cm³/mol. The fourth-order valence-electron chi connectivity index (χ4n) is 0.994. The van der Waals surface area contributed by atoms with Crippen LogP contribution in [0.3, 0.4) is 0 Å². The molecule has 1 aromatic carbocycles. The molecule has 0 atom stereocenters. The van der Waals surface area contributed by atoms with Crippen molar-refractivity contribution < 1.29 is 52.3 Å². The predicted octanol–water partition coefficient (Wildman–Crippen LogP) is 0.750. The largest absolute Gasteiger partial charge is 0.396 e. The Hall–Kier alpha value is 0.517. The Balaban J connectivity index is 0. The van der Waals surface area contributed by atoms with Crippen molar-refractivity contribution in [3.63, 3.8) is 0 Å². The van der Waals surface area contributed by atoms with Crippen LogP contribution in [0.4, 0.5) is 0 Å². The van der Waals surface area contributed by atoms with Gasteiger partial charge in [-0.1, -0.05) is 30.3 Å². The van der Waals surface area contributed by atoms with E-state index in [1.54, 1.807) is 0 Å². The van der Waals surface area contributed by atoms with Crippen molar-refractivity contribution in [3.05, 3.63) is 35.9 Å². The monoisotopic (exact) mass is 542 g/mol. The molecule has 0 bridgehead atoms. The standard InChI is InChI=1S/C9H12O2.2Pt/c10-6-9(7-11)8-4-2-1-3-5-8;;/h1-5,9-11H,6-7H2;;. The van der Waals surface area contributed by atoms with Gasteiger partial charge in [-0.05, 0) is 5.56 Å². The van der Waals surface area contributed by atoms with Gasteiger partial charge in [0.25, 0.3) is 0 Å². The molecule has 0 aliphatic rings. The van der Waals surface area contributed by atoms with Crippen molar-refractivity contribution in [1.82, 2.24) is 0 Å². The second-order valence-corrected chi connectivity index (χ2v) is 2.47. The van der Waals surface area contributed by atoms with Crippen molar-refractivity contribution in [2.24, 2.45) is 0 Å². The molecule has 80 valence electrons. The molecule has 0 fully saturated rings. The smallest absolute Gasteiger partial charge is 0.0521 e. The topological polar surface area (TPSA) is 40.5 Å². The van der Waals surface area contributed by atoms with E-state index in [0.717, 1.165) is 5.56 Å². The zero-order valence-corrected chi connectivity index (χ0v) is 11.4. The first kappa shape index (κ1) is 16.0. The molecule has 2 nitrogen and oxygen atoms in total. The fraction of sp³-hybridized carbons (Fsp3) is 0.333. The van der Waals surface area contributed by atoms with Crippen LogP contribution >= 0.6 is 0 Å². The summed E-state index contributed by atoms with van der Waals surface area (Å²) in [7, 11) is 0. The first-order valence-electron chi connectivity index (χ1n) is 3.65. The third-order valence-corrected chi connectivity index (χ3v) is 1.71. The Morgan fingerprint density at radius 2 is 1.38 bits per heavy atom. The molecule has 0 aromatic heterocycles. The molecule has 0 unspecified atom stereocenters. The summed E-state index contributed by atoms with van der Waals surface area (Å²) in [4.78, 5) is 0. The number of aliphatic hydroxyl groups is 2. The summed E-state index contributed by atoms with van der Waals surface area (Å²) in [6.07, 6.45) is 0. The Morgan fingerprint density at radius 3 is 1.77 bits per heavy atom. The number of aliphatic hydroxyl groups excluding tert-OH is 2. The average molecular weight is 542 g/mol. The van der Waals surface area contributed by atoms with Crippen LogP contribution in [0.25, 0.3) is 0 Å². The van der Waals surface area contributed by atoms with Crippen LogP contribution in [0.2, 0.25) is 0 Å². The van der Waals surface area contributed by atoms with Crippen molar-refractivity contribution in [1.29, 1.82) is 0 Å². The number of hydrogen-bond acceptors (Lipinski definition) is 2. The second kappa shape index (κ2) is 9.09. The summed E-state index contributed by atoms with van der Waals surface area (Å²) in [5, 5.41) is 17.6. The summed E-state index contributed by atoms with van der Waals surface area (Å²) in [5.74, 6) is -0.129. The Labute approximate surface area is 107 Å². The molecule has 13 heavy (non-hydrogen) atoms. The van der Waals surface area contributed by atoms with Gasteiger partial charge in [-0.2, -0.15) is 0 Å². The molecule has 0 spiro atoms. The Morgan fingerprint density at radius 1 is 0.923 bits per heavy atom. The molecule has 0 heterocycles. The summed E-state index contributed by atoms with van der Waals surface area (Å²) < 4.78 is 0. The maximum Gasteiger partial charge on any atom is 0.0521 e. The molecular formula is C9H12O2Pt2. The first-order valence-corrected chi connectivity index (χ1v) is 3.65. The second-order valence-electron chi connectivity index (χ2n) is 2.47. The molecule has 0 saturated heterocycles.